The third kappa shape index (κ3) is 3.04. The molecule has 0 fully saturated rings. The summed E-state index contributed by atoms with van der Waals surface area (Å²) in [7, 11) is 0. The van der Waals surface area contributed by atoms with Crippen LogP contribution in [0, 0.1) is 0 Å². The van der Waals surface area contributed by atoms with Crippen molar-refractivity contribution in [3.8, 4) is 0 Å². The number of nitrogens with zero attached hydrogens (tertiary/aromatic N) is 2. The molecule has 2 aliphatic rings. The molecule has 0 aromatic heterocycles. The summed E-state index contributed by atoms with van der Waals surface area (Å²) in [6.45, 7) is 3.20. The van der Waals surface area contributed by atoms with Gasteiger partial charge in [-0.05, 0) is 42.2 Å². The molecule has 0 unspecified atom stereocenters. The summed E-state index contributed by atoms with van der Waals surface area (Å²) in [5.74, 6) is -0.412. The number of amides is 2. The van der Waals surface area contributed by atoms with Crippen molar-refractivity contribution in [2.75, 3.05) is 18.0 Å². The quantitative estimate of drug-likeness (QED) is 0.727. The Bertz CT molecular complexity index is 934. The predicted octanol–water partition coefficient (Wildman–Crippen LogP) is 4.28. The van der Waals surface area contributed by atoms with Gasteiger partial charge in [-0.3, -0.25) is 14.5 Å². The van der Waals surface area contributed by atoms with E-state index in [9.17, 15) is 9.59 Å². The summed E-state index contributed by atoms with van der Waals surface area (Å²) in [5.41, 5.74) is 3.91. The lowest BCUT2D eigenvalue weighted by atomic mass is 10.0. The van der Waals surface area contributed by atoms with Gasteiger partial charge in [-0.2, -0.15) is 0 Å². The minimum Gasteiger partial charge on any atom is -0.336 e. The van der Waals surface area contributed by atoms with Gasteiger partial charge in [-0.1, -0.05) is 55.3 Å². The van der Waals surface area contributed by atoms with Crippen LogP contribution in [-0.2, 0) is 16.0 Å². The first-order valence-corrected chi connectivity index (χ1v) is 9.71. The molecule has 0 saturated carbocycles. The number of rotatable bonds is 5. The van der Waals surface area contributed by atoms with Crippen LogP contribution in [0.5, 0.6) is 0 Å². The molecule has 0 bridgehead atoms. The van der Waals surface area contributed by atoms with Gasteiger partial charge >= 0.3 is 0 Å². The summed E-state index contributed by atoms with van der Waals surface area (Å²) in [5, 5.41) is 0.604. The van der Waals surface area contributed by atoms with Crippen LogP contribution >= 0.6 is 11.6 Å². The normalized spacial score (nSPS) is 16.5. The Hall–Kier alpha value is -2.59. The number of unbranched alkanes of at least 4 members (excludes halogenated alkanes) is 1. The second-order valence-electron chi connectivity index (χ2n) is 6.88. The summed E-state index contributed by atoms with van der Waals surface area (Å²) in [6.07, 6.45) is 2.59. The maximum Gasteiger partial charge on any atom is 0.278 e. The van der Waals surface area contributed by atoms with Crippen molar-refractivity contribution in [2.45, 2.75) is 26.2 Å². The zero-order valence-electron chi connectivity index (χ0n) is 15.2. The van der Waals surface area contributed by atoms with Crippen molar-refractivity contribution >= 4 is 34.7 Å². The average molecular weight is 381 g/mol. The Labute approximate surface area is 164 Å². The van der Waals surface area contributed by atoms with Crippen LogP contribution in [-0.4, -0.2) is 29.8 Å². The number of halogens is 1. The molecule has 5 heteroatoms. The Morgan fingerprint density at radius 1 is 1.00 bits per heavy atom. The first-order valence-electron chi connectivity index (χ1n) is 9.33. The summed E-state index contributed by atoms with van der Waals surface area (Å²) in [6, 6.07) is 15.2. The van der Waals surface area contributed by atoms with E-state index in [1.807, 2.05) is 35.2 Å². The number of benzene rings is 2. The number of hydrogen-bond donors (Lipinski definition) is 0. The van der Waals surface area contributed by atoms with Gasteiger partial charge < -0.3 is 4.90 Å². The monoisotopic (exact) mass is 380 g/mol. The standard InChI is InChI=1S/C22H21ClN2O2/c1-2-3-13-25-21(26)19(16-8-10-17(23)11-9-16)20(22(25)27)24-14-12-15-6-4-5-7-18(15)24/h4-11H,2-3,12-14H2,1H3. The lowest BCUT2D eigenvalue weighted by Gasteiger charge is -2.21. The lowest BCUT2D eigenvalue weighted by molar-refractivity contribution is -0.136. The average Bonchev–Trinajstić information content (AvgIpc) is 3.20. The van der Waals surface area contributed by atoms with Crippen molar-refractivity contribution in [3.63, 3.8) is 0 Å². The fraction of sp³-hybridized carbons (Fsp3) is 0.273. The molecule has 4 rings (SSSR count). The zero-order valence-corrected chi connectivity index (χ0v) is 16.0. The topological polar surface area (TPSA) is 40.6 Å². The molecule has 2 amide bonds. The van der Waals surface area contributed by atoms with Gasteiger partial charge in [0.1, 0.15) is 5.70 Å². The van der Waals surface area contributed by atoms with Gasteiger partial charge in [0.15, 0.2) is 0 Å². The van der Waals surface area contributed by atoms with E-state index in [0.717, 1.165) is 30.5 Å². The van der Waals surface area contributed by atoms with E-state index in [-0.39, 0.29) is 11.8 Å². The van der Waals surface area contributed by atoms with Crippen LogP contribution < -0.4 is 4.90 Å². The highest BCUT2D eigenvalue weighted by molar-refractivity contribution is 6.37. The van der Waals surface area contributed by atoms with E-state index in [0.29, 0.717) is 29.4 Å². The molecular weight excluding hydrogens is 360 g/mol. The smallest absolute Gasteiger partial charge is 0.278 e. The first-order chi connectivity index (χ1) is 13.1. The van der Waals surface area contributed by atoms with Crippen LogP contribution in [0.4, 0.5) is 5.69 Å². The molecule has 0 spiro atoms. The Morgan fingerprint density at radius 2 is 1.74 bits per heavy atom. The second-order valence-corrected chi connectivity index (χ2v) is 7.31. The molecule has 2 aromatic rings. The van der Waals surface area contributed by atoms with Crippen LogP contribution in [0.15, 0.2) is 54.2 Å². The number of para-hydroxylation sites is 1. The molecule has 2 heterocycles. The SMILES string of the molecule is CCCCN1C(=O)C(c2ccc(Cl)cc2)=C(N2CCc3ccccc32)C1=O. The highest BCUT2D eigenvalue weighted by atomic mass is 35.5. The lowest BCUT2D eigenvalue weighted by Crippen LogP contribution is -2.35. The zero-order chi connectivity index (χ0) is 19.0. The fourth-order valence-corrected chi connectivity index (χ4v) is 3.91. The summed E-state index contributed by atoms with van der Waals surface area (Å²) >= 11 is 6.02. The van der Waals surface area contributed by atoms with E-state index in [1.165, 1.54) is 10.5 Å². The maximum atomic E-state index is 13.2. The third-order valence-corrected chi connectivity index (χ3v) is 5.42. The van der Waals surface area contributed by atoms with Gasteiger partial charge in [-0.15, -0.1) is 0 Å². The fourth-order valence-electron chi connectivity index (χ4n) is 3.78. The Balaban J connectivity index is 1.83. The molecule has 0 aliphatic carbocycles. The number of fused-ring (bicyclic) bond motifs is 1. The van der Waals surface area contributed by atoms with Gasteiger partial charge in [0.2, 0.25) is 0 Å². The van der Waals surface area contributed by atoms with Crippen molar-refractivity contribution < 1.29 is 9.59 Å². The van der Waals surface area contributed by atoms with E-state index in [4.69, 9.17) is 11.6 Å². The third-order valence-electron chi connectivity index (χ3n) is 5.17. The van der Waals surface area contributed by atoms with E-state index >= 15 is 0 Å². The van der Waals surface area contributed by atoms with Crippen LogP contribution in [0.3, 0.4) is 0 Å². The van der Waals surface area contributed by atoms with Crippen molar-refractivity contribution in [2.24, 2.45) is 0 Å². The molecule has 0 radical (unpaired) electrons. The van der Waals surface area contributed by atoms with Gasteiger partial charge in [0, 0.05) is 23.8 Å². The largest absolute Gasteiger partial charge is 0.336 e. The molecule has 0 saturated heterocycles. The summed E-state index contributed by atoms with van der Waals surface area (Å²) in [4.78, 5) is 29.8. The van der Waals surface area contributed by atoms with Crippen LogP contribution in [0.1, 0.15) is 30.9 Å². The summed E-state index contributed by atoms with van der Waals surface area (Å²) < 4.78 is 0. The minimum atomic E-state index is -0.213. The Morgan fingerprint density at radius 3 is 2.48 bits per heavy atom. The van der Waals surface area contributed by atoms with Gasteiger partial charge in [0.05, 0.1) is 5.57 Å². The van der Waals surface area contributed by atoms with Crippen molar-refractivity contribution in [1.82, 2.24) is 4.90 Å². The number of anilines is 1. The molecule has 0 atom stereocenters. The highest BCUT2D eigenvalue weighted by Crippen LogP contribution is 2.38. The second kappa shape index (κ2) is 7.20. The van der Waals surface area contributed by atoms with E-state index in [2.05, 4.69) is 13.0 Å². The molecule has 27 heavy (non-hydrogen) atoms. The van der Waals surface area contributed by atoms with E-state index in [1.54, 1.807) is 12.1 Å². The predicted molar refractivity (Wildman–Crippen MR) is 107 cm³/mol. The molecule has 138 valence electrons. The number of hydrogen-bond acceptors (Lipinski definition) is 3. The number of carbonyl (C=O) groups is 2. The van der Waals surface area contributed by atoms with Crippen LogP contribution in [0.2, 0.25) is 5.02 Å². The molecule has 0 N–H and O–H groups in total. The molecule has 4 nitrogen and oxygen atoms in total. The molecular formula is C22H21ClN2O2. The first kappa shape index (κ1) is 17.8. The van der Waals surface area contributed by atoms with Crippen molar-refractivity contribution in [3.05, 3.63) is 70.4 Å². The highest BCUT2D eigenvalue weighted by Gasteiger charge is 2.42. The number of carbonyl (C=O) groups excluding carboxylic acids is 2. The van der Waals surface area contributed by atoms with Gasteiger partial charge in [0.25, 0.3) is 11.8 Å². The minimum absolute atomic E-state index is 0.199. The number of imide groups is 1. The maximum absolute atomic E-state index is 13.2. The molecule has 2 aliphatic heterocycles. The van der Waals surface area contributed by atoms with Crippen molar-refractivity contribution in [1.29, 1.82) is 0 Å². The van der Waals surface area contributed by atoms with Crippen LogP contribution in [0.25, 0.3) is 5.57 Å². The van der Waals surface area contributed by atoms with Gasteiger partial charge in [-0.25, -0.2) is 0 Å². The Kier molecular flexibility index (Phi) is 4.75. The molecule has 2 aromatic carbocycles. The van der Waals surface area contributed by atoms with E-state index < -0.39 is 0 Å².